The summed E-state index contributed by atoms with van der Waals surface area (Å²) in [5.41, 5.74) is 4.64. The monoisotopic (exact) mass is 322 g/mol. The lowest BCUT2D eigenvalue weighted by Gasteiger charge is -2.08. The van der Waals surface area contributed by atoms with E-state index in [1.54, 1.807) is 10.9 Å². The average Bonchev–Trinajstić information content (AvgIpc) is 2.86. The van der Waals surface area contributed by atoms with Crippen molar-refractivity contribution in [2.24, 2.45) is 0 Å². The molecule has 0 bridgehead atoms. The number of para-hydroxylation sites is 1. The molecule has 0 aliphatic carbocycles. The Kier molecular flexibility index (Phi) is 3.10. The van der Waals surface area contributed by atoms with E-state index < -0.39 is 0 Å². The maximum atomic E-state index is 6.68. The summed E-state index contributed by atoms with van der Waals surface area (Å²) >= 11 is 6.68. The number of pyridine rings is 2. The number of rotatable bonds is 1. The van der Waals surface area contributed by atoms with Crippen LogP contribution in [-0.2, 0) is 0 Å². The molecule has 0 unspecified atom stereocenters. The van der Waals surface area contributed by atoms with Crippen LogP contribution in [0.5, 0.6) is 0 Å². The maximum Gasteiger partial charge on any atom is 0.167 e. The molecule has 23 heavy (non-hydrogen) atoms. The Morgan fingerprint density at radius 1 is 1.00 bits per heavy atom. The zero-order valence-corrected chi connectivity index (χ0v) is 13.9. The topological polar surface area (TPSA) is 43.6 Å². The molecule has 0 aliphatic rings. The van der Waals surface area contributed by atoms with Gasteiger partial charge in [-0.1, -0.05) is 35.9 Å². The summed E-state index contributed by atoms with van der Waals surface area (Å²) < 4.78 is 1.79. The SMILES string of the molecule is Cc1cccnc1-n1nc(C)c2c(Cl)c3cccc(C)c3nc21. The smallest absolute Gasteiger partial charge is 0.167 e. The van der Waals surface area contributed by atoms with Crippen molar-refractivity contribution in [3.63, 3.8) is 0 Å². The Morgan fingerprint density at radius 3 is 2.57 bits per heavy atom. The second-order valence-electron chi connectivity index (χ2n) is 5.74. The molecule has 4 rings (SSSR count). The Bertz CT molecular complexity index is 1070. The first-order valence-corrected chi connectivity index (χ1v) is 7.82. The Morgan fingerprint density at radius 2 is 1.78 bits per heavy atom. The molecular formula is C18H15ClN4. The molecule has 0 atom stereocenters. The first-order valence-electron chi connectivity index (χ1n) is 7.44. The van der Waals surface area contributed by atoms with Gasteiger partial charge in [-0.3, -0.25) is 0 Å². The number of aryl methyl sites for hydroxylation is 3. The molecule has 4 aromatic rings. The van der Waals surface area contributed by atoms with Crippen molar-refractivity contribution in [3.05, 3.63) is 58.4 Å². The predicted octanol–water partition coefficient (Wildman–Crippen LogP) is 4.55. The van der Waals surface area contributed by atoms with Gasteiger partial charge in [-0.15, -0.1) is 0 Å². The first kappa shape index (κ1) is 14.2. The Labute approximate surface area is 138 Å². The van der Waals surface area contributed by atoms with Crippen LogP contribution in [0, 0.1) is 20.8 Å². The molecule has 0 fully saturated rings. The van der Waals surface area contributed by atoms with E-state index in [1.165, 1.54) is 0 Å². The van der Waals surface area contributed by atoms with Crippen LogP contribution < -0.4 is 0 Å². The fourth-order valence-electron chi connectivity index (χ4n) is 2.95. The van der Waals surface area contributed by atoms with Gasteiger partial charge >= 0.3 is 0 Å². The lowest BCUT2D eigenvalue weighted by molar-refractivity contribution is 0.840. The van der Waals surface area contributed by atoms with E-state index in [0.29, 0.717) is 5.02 Å². The van der Waals surface area contributed by atoms with Crippen molar-refractivity contribution in [1.29, 1.82) is 0 Å². The van der Waals surface area contributed by atoms with Gasteiger partial charge in [0.1, 0.15) is 0 Å². The van der Waals surface area contributed by atoms with E-state index in [2.05, 4.69) is 10.1 Å². The van der Waals surface area contributed by atoms with Crippen molar-refractivity contribution >= 4 is 33.5 Å². The minimum atomic E-state index is 0.700. The van der Waals surface area contributed by atoms with E-state index in [-0.39, 0.29) is 0 Å². The van der Waals surface area contributed by atoms with Gasteiger partial charge in [0.15, 0.2) is 11.5 Å². The fourth-order valence-corrected chi connectivity index (χ4v) is 3.32. The summed E-state index contributed by atoms with van der Waals surface area (Å²) in [7, 11) is 0. The van der Waals surface area contributed by atoms with Gasteiger partial charge in [0.25, 0.3) is 0 Å². The van der Waals surface area contributed by atoms with E-state index in [9.17, 15) is 0 Å². The van der Waals surface area contributed by atoms with Crippen LogP contribution in [0.1, 0.15) is 16.8 Å². The molecule has 114 valence electrons. The molecule has 3 aromatic heterocycles. The second-order valence-corrected chi connectivity index (χ2v) is 6.11. The summed E-state index contributed by atoms with van der Waals surface area (Å²) in [6.07, 6.45) is 1.76. The molecule has 3 heterocycles. The molecule has 0 spiro atoms. The summed E-state index contributed by atoms with van der Waals surface area (Å²) in [5.74, 6) is 0.780. The van der Waals surface area contributed by atoms with Crippen LogP contribution >= 0.6 is 11.6 Å². The number of hydrogen-bond donors (Lipinski definition) is 0. The summed E-state index contributed by atoms with van der Waals surface area (Å²) in [6.45, 7) is 6.00. The highest BCUT2D eigenvalue weighted by molar-refractivity contribution is 6.40. The van der Waals surface area contributed by atoms with Crippen LogP contribution in [-0.4, -0.2) is 19.7 Å². The Hall–Kier alpha value is -2.46. The Balaban J connectivity index is 2.18. The summed E-state index contributed by atoms with van der Waals surface area (Å²) in [5, 5.41) is 7.18. The van der Waals surface area contributed by atoms with Crippen LogP contribution in [0.2, 0.25) is 5.02 Å². The zero-order valence-electron chi connectivity index (χ0n) is 13.1. The largest absolute Gasteiger partial charge is 0.237 e. The highest BCUT2D eigenvalue weighted by Crippen LogP contribution is 2.34. The quantitative estimate of drug-likeness (QED) is 0.516. The number of nitrogens with zero attached hydrogens (tertiary/aromatic N) is 4. The van der Waals surface area contributed by atoms with Crippen molar-refractivity contribution < 1.29 is 0 Å². The lowest BCUT2D eigenvalue weighted by Crippen LogP contribution is -2.03. The molecule has 0 radical (unpaired) electrons. The third-order valence-corrected chi connectivity index (χ3v) is 4.52. The summed E-state index contributed by atoms with van der Waals surface area (Å²) in [6, 6.07) is 9.97. The molecule has 0 amide bonds. The number of aromatic nitrogens is 4. The van der Waals surface area contributed by atoms with Gasteiger partial charge in [-0.05, 0) is 38.0 Å². The van der Waals surface area contributed by atoms with Crippen LogP contribution in [0.3, 0.4) is 0 Å². The molecule has 0 N–H and O–H groups in total. The first-order chi connectivity index (χ1) is 11.1. The minimum absolute atomic E-state index is 0.700. The van der Waals surface area contributed by atoms with Crippen molar-refractivity contribution in [2.45, 2.75) is 20.8 Å². The highest BCUT2D eigenvalue weighted by Gasteiger charge is 2.18. The lowest BCUT2D eigenvalue weighted by atomic mass is 10.1. The normalized spacial score (nSPS) is 11.5. The molecule has 5 heteroatoms. The van der Waals surface area contributed by atoms with Crippen LogP contribution in [0.4, 0.5) is 0 Å². The third-order valence-electron chi connectivity index (χ3n) is 4.13. The molecule has 0 saturated carbocycles. The maximum absolute atomic E-state index is 6.68. The number of benzene rings is 1. The van der Waals surface area contributed by atoms with E-state index in [4.69, 9.17) is 16.6 Å². The third kappa shape index (κ3) is 2.02. The van der Waals surface area contributed by atoms with E-state index >= 15 is 0 Å². The van der Waals surface area contributed by atoms with E-state index in [0.717, 1.165) is 44.6 Å². The predicted molar refractivity (Wildman–Crippen MR) is 93.4 cm³/mol. The standard InChI is InChI=1S/C18H15ClN4/c1-10-6-4-8-13-15(19)14-12(3)22-23(18(14)21-16(10)13)17-11(2)7-5-9-20-17/h4-9H,1-3H3. The fraction of sp³-hybridized carbons (Fsp3) is 0.167. The number of halogens is 1. The van der Waals surface area contributed by atoms with Crippen molar-refractivity contribution in [3.8, 4) is 5.82 Å². The molecule has 1 aromatic carbocycles. The van der Waals surface area contributed by atoms with Gasteiger partial charge in [0, 0.05) is 11.6 Å². The van der Waals surface area contributed by atoms with Gasteiger partial charge in [-0.25, -0.2) is 9.97 Å². The van der Waals surface area contributed by atoms with Crippen LogP contribution in [0.15, 0.2) is 36.5 Å². The summed E-state index contributed by atoms with van der Waals surface area (Å²) in [4.78, 5) is 9.31. The molecular weight excluding hydrogens is 308 g/mol. The molecule has 0 aliphatic heterocycles. The number of hydrogen-bond acceptors (Lipinski definition) is 3. The van der Waals surface area contributed by atoms with Crippen molar-refractivity contribution in [1.82, 2.24) is 19.7 Å². The van der Waals surface area contributed by atoms with Gasteiger partial charge in [0.2, 0.25) is 0 Å². The number of fused-ring (bicyclic) bond motifs is 2. The molecule has 4 nitrogen and oxygen atoms in total. The molecule has 0 saturated heterocycles. The van der Waals surface area contributed by atoms with Gasteiger partial charge < -0.3 is 0 Å². The minimum Gasteiger partial charge on any atom is -0.237 e. The van der Waals surface area contributed by atoms with Crippen LogP contribution in [0.25, 0.3) is 27.8 Å². The average molecular weight is 323 g/mol. The second kappa shape index (κ2) is 5.03. The highest BCUT2D eigenvalue weighted by atomic mass is 35.5. The van der Waals surface area contributed by atoms with Gasteiger partial charge in [0.05, 0.1) is 21.6 Å². The van der Waals surface area contributed by atoms with Gasteiger partial charge in [-0.2, -0.15) is 9.78 Å². The van der Waals surface area contributed by atoms with E-state index in [1.807, 2.05) is 51.1 Å². The zero-order chi connectivity index (χ0) is 16.1. The van der Waals surface area contributed by atoms with Crippen molar-refractivity contribution in [2.75, 3.05) is 0 Å².